The summed E-state index contributed by atoms with van der Waals surface area (Å²) in [4.78, 5) is 35.7. The van der Waals surface area contributed by atoms with Gasteiger partial charge in [-0.3, -0.25) is 9.59 Å². The molecule has 0 heterocycles. The minimum absolute atomic E-state index is 0.354. The van der Waals surface area contributed by atoms with E-state index in [1.54, 1.807) is 36.4 Å². The van der Waals surface area contributed by atoms with Crippen molar-refractivity contribution in [3.8, 4) is 0 Å². The number of benzene rings is 2. The number of amides is 2. The van der Waals surface area contributed by atoms with Crippen molar-refractivity contribution in [1.29, 1.82) is 0 Å². The number of nitrogens with one attached hydrogen (secondary N) is 2. The summed E-state index contributed by atoms with van der Waals surface area (Å²) in [6, 6.07) is 11.9. The number of rotatable bonds is 6. The van der Waals surface area contributed by atoms with Crippen LogP contribution in [0.5, 0.6) is 0 Å². The zero-order chi connectivity index (χ0) is 19.1. The molecule has 0 bridgehead atoms. The van der Waals surface area contributed by atoms with Crippen LogP contribution >= 0.6 is 23.2 Å². The molecule has 0 aliphatic heterocycles. The second kappa shape index (κ2) is 9.22. The van der Waals surface area contributed by atoms with Crippen LogP contribution in [0.3, 0.4) is 0 Å². The third kappa shape index (κ3) is 6.06. The van der Waals surface area contributed by atoms with E-state index in [0.29, 0.717) is 21.3 Å². The van der Waals surface area contributed by atoms with Gasteiger partial charge in [0.25, 0.3) is 11.8 Å². The second-order valence-corrected chi connectivity index (χ2v) is 6.24. The number of anilines is 1. The highest BCUT2D eigenvalue weighted by molar-refractivity contribution is 6.31. The maximum absolute atomic E-state index is 12.0. The van der Waals surface area contributed by atoms with Crippen LogP contribution < -0.4 is 10.6 Å². The van der Waals surface area contributed by atoms with E-state index in [1.807, 2.05) is 0 Å². The molecule has 0 unspecified atom stereocenters. The molecule has 1 atom stereocenters. The largest absolute Gasteiger partial charge is 0.454 e. The minimum Gasteiger partial charge on any atom is -0.454 e. The molecule has 6 nitrogen and oxygen atoms in total. The number of carbonyl (C=O) groups excluding carboxylic acids is 3. The maximum Gasteiger partial charge on any atom is 0.328 e. The molecular formula is C18H16Cl2N2O4. The molecule has 0 fully saturated rings. The van der Waals surface area contributed by atoms with Gasteiger partial charge in [-0.2, -0.15) is 0 Å². The molecule has 8 heteroatoms. The Kier molecular flexibility index (Phi) is 7.00. The van der Waals surface area contributed by atoms with E-state index in [0.717, 1.165) is 0 Å². The van der Waals surface area contributed by atoms with Crippen LogP contribution in [0, 0.1) is 0 Å². The van der Waals surface area contributed by atoms with Crippen LogP contribution in [-0.4, -0.2) is 30.4 Å². The summed E-state index contributed by atoms with van der Waals surface area (Å²) in [6.07, 6.45) is 0. The molecule has 2 N–H and O–H groups in total. The van der Waals surface area contributed by atoms with Gasteiger partial charge in [-0.25, -0.2) is 4.79 Å². The molecule has 0 spiro atoms. The second-order valence-electron chi connectivity index (χ2n) is 5.37. The van der Waals surface area contributed by atoms with Crippen LogP contribution in [0.2, 0.25) is 10.0 Å². The fraction of sp³-hybridized carbons (Fsp3) is 0.167. The van der Waals surface area contributed by atoms with Gasteiger partial charge in [0.15, 0.2) is 6.61 Å². The lowest BCUT2D eigenvalue weighted by atomic mass is 10.2. The Bertz CT molecular complexity index is 809. The highest BCUT2D eigenvalue weighted by Crippen LogP contribution is 2.14. The van der Waals surface area contributed by atoms with Gasteiger partial charge in [-0.1, -0.05) is 29.3 Å². The smallest absolute Gasteiger partial charge is 0.328 e. The fourth-order valence-electron chi connectivity index (χ4n) is 1.97. The summed E-state index contributed by atoms with van der Waals surface area (Å²) in [7, 11) is 0. The molecule has 0 aromatic heterocycles. The van der Waals surface area contributed by atoms with Crippen molar-refractivity contribution in [2.24, 2.45) is 0 Å². The summed E-state index contributed by atoms with van der Waals surface area (Å²) in [5.74, 6) is -1.69. The van der Waals surface area contributed by atoms with Gasteiger partial charge in [-0.05, 0) is 49.4 Å². The monoisotopic (exact) mass is 394 g/mol. The van der Waals surface area contributed by atoms with Crippen LogP contribution in [0.15, 0.2) is 48.5 Å². The van der Waals surface area contributed by atoms with Crippen molar-refractivity contribution in [3.05, 3.63) is 64.1 Å². The molecular weight excluding hydrogens is 379 g/mol. The number of halogens is 2. The van der Waals surface area contributed by atoms with E-state index >= 15 is 0 Å². The Balaban J connectivity index is 1.80. The normalized spacial score (nSPS) is 11.3. The molecule has 2 amide bonds. The molecule has 0 aliphatic carbocycles. The van der Waals surface area contributed by atoms with Crippen molar-refractivity contribution in [3.63, 3.8) is 0 Å². The summed E-state index contributed by atoms with van der Waals surface area (Å²) < 4.78 is 4.90. The molecule has 136 valence electrons. The zero-order valence-electron chi connectivity index (χ0n) is 13.8. The first-order valence-corrected chi connectivity index (χ1v) is 8.39. The fourth-order valence-corrected chi connectivity index (χ4v) is 2.28. The van der Waals surface area contributed by atoms with Gasteiger partial charge in [0.05, 0.1) is 0 Å². The molecule has 0 radical (unpaired) electrons. The molecule has 2 aromatic carbocycles. The molecule has 2 rings (SSSR count). The minimum atomic E-state index is -0.919. The summed E-state index contributed by atoms with van der Waals surface area (Å²) >= 11 is 11.6. The summed E-state index contributed by atoms with van der Waals surface area (Å²) in [5.41, 5.74) is 0.843. The lowest BCUT2D eigenvalue weighted by Gasteiger charge is -2.13. The number of ether oxygens (including phenoxy) is 1. The average Bonchev–Trinajstić information content (AvgIpc) is 2.60. The topological polar surface area (TPSA) is 84.5 Å². The van der Waals surface area contributed by atoms with Gasteiger partial charge in [0, 0.05) is 21.3 Å². The Hall–Kier alpha value is -2.57. The first-order chi connectivity index (χ1) is 12.3. The Morgan fingerprint density at radius 3 is 2.38 bits per heavy atom. The molecule has 26 heavy (non-hydrogen) atoms. The highest BCUT2D eigenvalue weighted by atomic mass is 35.5. The molecule has 0 saturated carbocycles. The van der Waals surface area contributed by atoms with Gasteiger partial charge in [-0.15, -0.1) is 0 Å². The number of carbonyl (C=O) groups is 3. The zero-order valence-corrected chi connectivity index (χ0v) is 15.3. The van der Waals surface area contributed by atoms with E-state index in [1.165, 1.54) is 19.1 Å². The maximum atomic E-state index is 12.0. The number of hydrogen-bond acceptors (Lipinski definition) is 4. The van der Waals surface area contributed by atoms with E-state index in [2.05, 4.69) is 10.6 Å². The first kappa shape index (κ1) is 19.8. The van der Waals surface area contributed by atoms with Gasteiger partial charge >= 0.3 is 5.97 Å². The summed E-state index contributed by atoms with van der Waals surface area (Å²) in [5, 5.41) is 6.01. The van der Waals surface area contributed by atoms with Crippen LogP contribution in [0.4, 0.5) is 5.69 Å². The van der Waals surface area contributed by atoms with E-state index in [4.69, 9.17) is 27.9 Å². The molecule has 0 saturated heterocycles. The molecule has 2 aromatic rings. The lowest BCUT2D eigenvalue weighted by molar-refractivity contribution is -0.148. The van der Waals surface area contributed by atoms with Crippen LogP contribution in [0.1, 0.15) is 17.3 Å². The van der Waals surface area contributed by atoms with E-state index < -0.39 is 30.4 Å². The summed E-state index contributed by atoms with van der Waals surface area (Å²) in [6.45, 7) is 0.984. The molecule has 0 aliphatic rings. The van der Waals surface area contributed by atoms with Gasteiger partial charge in [0.1, 0.15) is 6.04 Å². The Morgan fingerprint density at radius 2 is 1.73 bits per heavy atom. The predicted molar refractivity (Wildman–Crippen MR) is 99.4 cm³/mol. The van der Waals surface area contributed by atoms with Crippen LogP contribution in [0.25, 0.3) is 0 Å². The van der Waals surface area contributed by atoms with Crippen molar-refractivity contribution in [2.45, 2.75) is 13.0 Å². The van der Waals surface area contributed by atoms with Crippen molar-refractivity contribution in [2.75, 3.05) is 11.9 Å². The van der Waals surface area contributed by atoms with Gasteiger partial charge < -0.3 is 15.4 Å². The average molecular weight is 395 g/mol. The van der Waals surface area contributed by atoms with E-state index in [-0.39, 0.29) is 0 Å². The Morgan fingerprint density at radius 1 is 1.04 bits per heavy atom. The number of hydrogen-bond donors (Lipinski definition) is 2. The predicted octanol–water partition coefficient (Wildman–Crippen LogP) is 3.29. The highest BCUT2D eigenvalue weighted by Gasteiger charge is 2.19. The quantitative estimate of drug-likeness (QED) is 0.736. The van der Waals surface area contributed by atoms with E-state index in [9.17, 15) is 14.4 Å². The first-order valence-electron chi connectivity index (χ1n) is 7.63. The lowest BCUT2D eigenvalue weighted by Crippen LogP contribution is -2.40. The van der Waals surface area contributed by atoms with Crippen molar-refractivity contribution >= 4 is 46.7 Å². The SMILES string of the molecule is C[C@H](NC(=O)c1ccc(Cl)cc1)C(=O)OCC(=O)Nc1cccc(Cl)c1. The Labute approximate surface area is 160 Å². The third-order valence-corrected chi connectivity index (χ3v) is 3.75. The standard InChI is InChI=1S/C18H16Cl2N2O4/c1-11(21-17(24)12-5-7-13(19)8-6-12)18(25)26-10-16(23)22-15-4-2-3-14(20)9-15/h2-9,11H,10H2,1H3,(H,21,24)(H,22,23)/t11-/m0/s1. The number of esters is 1. The van der Waals surface area contributed by atoms with Crippen LogP contribution in [-0.2, 0) is 14.3 Å². The third-order valence-electron chi connectivity index (χ3n) is 3.26. The van der Waals surface area contributed by atoms with Crippen molar-refractivity contribution < 1.29 is 19.1 Å². The van der Waals surface area contributed by atoms with Crippen molar-refractivity contribution in [1.82, 2.24) is 5.32 Å². The van der Waals surface area contributed by atoms with Gasteiger partial charge in [0.2, 0.25) is 0 Å².